The number of rotatable bonds is 4. The lowest BCUT2D eigenvalue weighted by atomic mass is 9.98. The largest absolute Gasteiger partial charge is 0.497 e. The third-order valence-electron chi connectivity index (χ3n) is 4.12. The second kappa shape index (κ2) is 5.91. The van der Waals surface area contributed by atoms with Gasteiger partial charge in [0, 0.05) is 5.56 Å². The molecule has 0 bridgehead atoms. The highest BCUT2D eigenvalue weighted by Gasteiger charge is 2.24. The van der Waals surface area contributed by atoms with Crippen LogP contribution in [0.5, 0.6) is 5.75 Å². The van der Waals surface area contributed by atoms with Crippen LogP contribution in [-0.4, -0.2) is 22.2 Å². The molecule has 1 aromatic carbocycles. The van der Waals surface area contributed by atoms with E-state index in [1.165, 1.54) is 0 Å². The molecule has 0 saturated carbocycles. The van der Waals surface area contributed by atoms with Gasteiger partial charge in [0.1, 0.15) is 16.4 Å². The van der Waals surface area contributed by atoms with Crippen molar-refractivity contribution in [2.75, 3.05) is 7.11 Å². The predicted octanol–water partition coefficient (Wildman–Crippen LogP) is 4.29. The first-order chi connectivity index (χ1) is 10.9. The van der Waals surface area contributed by atoms with Gasteiger partial charge in [0.05, 0.1) is 28.7 Å². The molecule has 0 radical (unpaired) electrons. The Morgan fingerprint density at radius 3 is 2.52 bits per heavy atom. The minimum absolute atomic E-state index is 0.612. The van der Waals surface area contributed by atoms with E-state index in [0.29, 0.717) is 12.1 Å². The van der Waals surface area contributed by atoms with Crippen molar-refractivity contribution in [3.05, 3.63) is 41.7 Å². The Hall–Kier alpha value is -1.98. The van der Waals surface area contributed by atoms with Gasteiger partial charge < -0.3 is 9.84 Å². The van der Waals surface area contributed by atoms with E-state index >= 15 is 0 Å². The SMILES string of the molecule is CCC(C)(O)c1cc2nc(-c3ccc(OC)cc3)sc2c(C)n1. The lowest BCUT2D eigenvalue weighted by molar-refractivity contribution is 0.0485. The number of benzene rings is 1. The number of ether oxygens (including phenoxy) is 1. The molecule has 1 unspecified atom stereocenters. The summed E-state index contributed by atoms with van der Waals surface area (Å²) in [7, 11) is 1.66. The first-order valence-electron chi connectivity index (χ1n) is 7.60. The van der Waals surface area contributed by atoms with Crippen LogP contribution in [0.4, 0.5) is 0 Å². The molecule has 5 heteroatoms. The second-order valence-electron chi connectivity index (χ2n) is 5.82. The highest BCUT2D eigenvalue weighted by molar-refractivity contribution is 7.21. The van der Waals surface area contributed by atoms with Gasteiger partial charge in [-0.05, 0) is 50.6 Å². The van der Waals surface area contributed by atoms with E-state index in [1.807, 2.05) is 44.2 Å². The van der Waals surface area contributed by atoms with E-state index in [-0.39, 0.29) is 0 Å². The summed E-state index contributed by atoms with van der Waals surface area (Å²) >= 11 is 1.62. The summed E-state index contributed by atoms with van der Waals surface area (Å²) in [6, 6.07) is 9.76. The van der Waals surface area contributed by atoms with Crippen molar-refractivity contribution in [3.8, 4) is 16.3 Å². The zero-order valence-corrected chi connectivity index (χ0v) is 14.6. The van der Waals surface area contributed by atoms with Crippen LogP contribution < -0.4 is 4.74 Å². The van der Waals surface area contributed by atoms with Crippen molar-refractivity contribution in [2.24, 2.45) is 0 Å². The van der Waals surface area contributed by atoms with Crippen LogP contribution in [-0.2, 0) is 5.60 Å². The Morgan fingerprint density at radius 2 is 1.91 bits per heavy atom. The summed E-state index contributed by atoms with van der Waals surface area (Å²) in [4.78, 5) is 9.31. The second-order valence-corrected chi connectivity index (χ2v) is 6.82. The molecule has 0 amide bonds. The average Bonchev–Trinajstić information content (AvgIpc) is 2.99. The fourth-order valence-electron chi connectivity index (χ4n) is 2.40. The van der Waals surface area contributed by atoms with E-state index in [0.717, 1.165) is 32.2 Å². The van der Waals surface area contributed by atoms with Crippen LogP contribution in [0.15, 0.2) is 30.3 Å². The number of thiazole rings is 1. The first-order valence-corrected chi connectivity index (χ1v) is 8.41. The van der Waals surface area contributed by atoms with Crippen molar-refractivity contribution in [2.45, 2.75) is 32.8 Å². The standard InChI is InChI=1S/C18H20N2O2S/c1-5-18(3,21)15-10-14-16(11(2)19-15)23-17(20-14)12-6-8-13(22-4)9-7-12/h6-10,21H,5H2,1-4H3. The van der Waals surface area contributed by atoms with Crippen LogP contribution in [0.2, 0.25) is 0 Å². The Balaban J connectivity index is 2.09. The van der Waals surface area contributed by atoms with Crippen LogP contribution >= 0.6 is 11.3 Å². The molecule has 0 spiro atoms. The molecule has 2 aromatic heterocycles. The third-order valence-corrected chi connectivity index (χ3v) is 5.35. The van der Waals surface area contributed by atoms with E-state index in [2.05, 4.69) is 4.98 Å². The highest BCUT2D eigenvalue weighted by Crippen LogP contribution is 2.34. The van der Waals surface area contributed by atoms with Gasteiger partial charge in [-0.25, -0.2) is 4.98 Å². The lowest BCUT2D eigenvalue weighted by Gasteiger charge is -2.20. The zero-order chi connectivity index (χ0) is 16.6. The zero-order valence-electron chi connectivity index (χ0n) is 13.8. The third kappa shape index (κ3) is 2.94. The molecule has 23 heavy (non-hydrogen) atoms. The van der Waals surface area contributed by atoms with E-state index in [9.17, 15) is 5.11 Å². The fourth-order valence-corrected chi connectivity index (χ4v) is 3.39. The Morgan fingerprint density at radius 1 is 1.22 bits per heavy atom. The summed E-state index contributed by atoms with van der Waals surface area (Å²) in [5, 5.41) is 11.4. The predicted molar refractivity (Wildman–Crippen MR) is 94.0 cm³/mol. The number of methoxy groups -OCH3 is 1. The quantitative estimate of drug-likeness (QED) is 0.776. The van der Waals surface area contributed by atoms with Crippen molar-refractivity contribution < 1.29 is 9.84 Å². The van der Waals surface area contributed by atoms with Gasteiger partial charge in [-0.1, -0.05) is 6.92 Å². The molecular formula is C18H20N2O2S. The van der Waals surface area contributed by atoms with Gasteiger partial charge in [-0.15, -0.1) is 11.3 Å². The van der Waals surface area contributed by atoms with Gasteiger partial charge in [0.15, 0.2) is 0 Å². The van der Waals surface area contributed by atoms with Gasteiger partial charge in [-0.2, -0.15) is 0 Å². The number of hydrogen-bond donors (Lipinski definition) is 1. The van der Waals surface area contributed by atoms with Gasteiger partial charge in [0.2, 0.25) is 0 Å². The van der Waals surface area contributed by atoms with Crippen molar-refractivity contribution in [1.82, 2.24) is 9.97 Å². The van der Waals surface area contributed by atoms with E-state index in [1.54, 1.807) is 25.4 Å². The smallest absolute Gasteiger partial charge is 0.124 e. The van der Waals surface area contributed by atoms with Crippen LogP contribution in [0.3, 0.4) is 0 Å². The Bertz CT molecular complexity index is 838. The maximum atomic E-state index is 10.5. The summed E-state index contributed by atoms with van der Waals surface area (Å²) in [5.74, 6) is 0.828. The number of hydrogen-bond acceptors (Lipinski definition) is 5. The number of aromatic nitrogens is 2. The molecule has 1 atom stereocenters. The molecule has 0 aliphatic heterocycles. The lowest BCUT2D eigenvalue weighted by Crippen LogP contribution is -2.21. The summed E-state index contributed by atoms with van der Waals surface area (Å²) in [5.41, 5.74) is 2.59. The molecule has 0 fully saturated rings. The molecule has 0 aliphatic rings. The van der Waals surface area contributed by atoms with E-state index in [4.69, 9.17) is 9.72 Å². The number of aliphatic hydroxyl groups is 1. The molecular weight excluding hydrogens is 308 g/mol. The Kier molecular flexibility index (Phi) is 4.08. The van der Waals surface area contributed by atoms with E-state index < -0.39 is 5.60 Å². The molecule has 2 heterocycles. The summed E-state index contributed by atoms with van der Waals surface area (Å²) in [6.45, 7) is 5.70. The number of pyridine rings is 1. The molecule has 0 aliphatic carbocycles. The van der Waals surface area contributed by atoms with Gasteiger partial charge in [0.25, 0.3) is 0 Å². The van der Waals surface area contributed by atoms with Crippen molar-refractivity contribution in [3.63, 3.8) is 0 Å². The van der Waals surface area contributed by atoms with Crippen LogP contribution in [0, 0.1) is 6.92 Å². The minimum Gasteiger partial charge on any atom is -0.497 e. The topological polar surface area (TPSA) is 55.2 Å². The van der Waals surface area contributed by atoms with Crippen LogP contribution in [0.1, 0.15) is 31.7 Å². The van der Waals surface area contributed by atoms with Crippen molar-refractivity contribution >= 4 is 21.6 Å². The average molecular weight is 328 g/mol. The fraction of sp³-hybridized carbons (Fsp3) is 0.333. The maximum absolute atomic E-state index is 10.5. The normalized spacial score (nSPS) is 14.0. The molecule has 1 N–H and O–H groups in total. The first kappa shape index (κ1) is 15.9. The number of fused-ring (bicyclic) bond motifs is 1. The molecule has 120 valence electrons. The Labute approximate surface area is 139 Å². The van der Waals surface area contributed by atoms with Crippen LogP contribution in [0.25, 0.3) is 20.8 Å². The maximum Gasteiger partial charge on any atom is 0.124 e. The summed E-state index contributed by atoms with van der Waals surface area (Å²) in [6.07, 6.45) is 0.612. The molecule has 3 aromatic rings. The molecule has 0 saturated heterocycles. The van der Waals surface area contributed by atoms with Gasteiger partial charge >= 0.3 is 0 Å². The monoisotopic (exact) mass is 328 g/mol. The minimum atomic E-state index is -0.928. The number of nitrogens with zero attached hydrogens (tertiary/aromatic N) is 2. The molecule has 3 rings (SSSR count). The van der Waals surface area contributed by atoms with Crippen molar-refractivity contribution in [1.29, 1.82) is 0 Å². The summed E-state index contributed by atoms with van der Waals surface area (Å²) < 4.78 is 6.26. The van der Waals surface area contributed by atoms with Gasteiger partial charge in [-0.3, -0.25) is 4.98 Å². The highest BCUT2D eigenvalue weighted by atomic mass is 32.1. The number of aryl methyl sites for hydroxylation is 1. The molecule has 4 nitrogen and oxygen atoms in total.